The number of nitrogens with two attached hydrogens (primary N) is 1. The summed E-state index contributed by atoms with van der Waals surface area (Å²) in [6, 6.07) is 7.83. The molecule has 1 saturated heterocycles. The highest BCUT2D eigenvalue weighted by atomic mass is 15.1. The second-order valence-corrected chi connectivity index (χ2v) is 3.55. The largest absolute Gasteiger partial charge is 0.398 e. The van der Waals surface area contributed by atoms with Gasteiger partial charge in [-0.15, -0.1) is 0 Å². The molecule has 0 saturated carbocycles. The van der Waals surface area contributed by atoms with Crippen LogP contribution in [0.5, 0.6) is 0 Å². The normalized spacial score (nSPS) is 15.5. The van der Waals surface area contributed by atoms with Crippen LogP contribution in [0.25, 0.3) is 0 Å². The first-order valence-corrected chi connectivity index (χ1v) is 4.86. The van der Waals surface area contributed by atoms with Crippen molar-refractivity contribution in [3.63, 3.8) is 0 Å². The molecule has 1 aliphatic heterocycles. The summed E-state index contributed by atoms with van der Waals surface area (Å²) >= 11 is 0. The highest BCUT2D eigenvalue weighted by Crippen LogP contribution is 2.27. The molecule has 0 radical (unpaired) electrons. The summed E-state index contributed by atoms with van der Waals surface area (Å²) in [7, 11) is 0. The van der Waals surface area contributed by atoms with E-state index in [0.29, 0.717) is 11.3 Å². The van der Waals surface area contributed by atoms with Crippen LogP contribution >= 0.6 is 0 Å². The molecule has 1 heterocycles. The van der Waals surface area contributed by atoms with Crippen molar-refractivity contribution in [1.82, 2.24) is 0 Å². The van der Waals surface area contributed by atoms with E-state index in [1.54, 1.807) is 6.07 Å². The predicted molar refractivity (Wildman–Crippen MR) is 57.0 cm³/mol. The fourth-order valence-corrected chi connectivity index (χ4v) is 1.90. The zero-order chi connectivity index (χ0) is 9.97. The Labute approximate surface area is 83.7 Å². The first kappa shape index (κ1) is 8.89. The van der Waals surface area contributed by atoms with Crippen LogP contribution in [0.3, 0.4) is 0 Å². The molecule has 0 bridgehead atoms. The van der Waals surface area contributed by atoms with Gasteiger partial charge in [-0.3, -0.25) is 0 Å². The van der Waals surface area contributed by atoms with E-state index >= 15 is 0 Å². The fraction of sp³-hybridized carbons (Fsp3) is 0.364. The molecular weight excluding hydrogens is 174 g/mol. The van der Waals surface area contributed by atoms with Crippen molar-refractivity contribution in [3.05, 3.63) is 23.8 Å². The van der Waals surface area contributed by atoms with Crippen molar-refractivity contribution < 1.29 is 0 Å². The maximum Gasteiger partial charge on any atom is 0.104 e. The molecule has 0 spiro atoms. The van der Waals surface area contributed by atoms with E-state index in [2.05, 4.69) is 11.0 Å². The lowest BCUT2D eigenvalue weighted by Crippen LogP contribution is -2.19. The third kappa shape index (κ3) is 1.39. The van der Waals surface area contributed by atoms with Gasteiger partial charge in [0, 0.05) is 13.1 Å². The van der Waals surface area contributed by atoms with Gasteiger partial charge in [-0.05, 0) is 25.0 Å². The number of nitrogens with zero attached hydrogens (tertiary/aromatic N) is 2. The minimum absolute atomic E-state index is 0.580. The number of benzene rings is 1. The topological polar surface area (TPSA) is 53.1 Å². The zero-order valence-electron chi connectivity index (χ0n) is 8.03. The zero-order valence-corrected chi connectivity index (χ0v) is 8.03. The Bertz CT molecular complexity index is 373. The van der Waals surface area contributed by atoms with Gasteiger partial charge in [-0.25, -0.2) is 0 Å². The lowest BCUT2D eigenvalue weighted by atomic mass is 10.1. The van der Waals surface area contributed by atoms with Crippen molar-refractivity contribution in [1.29, 1.82) is 5.26 Å². The van der Waals surface area contributed by atoms with E-state index in [-0.39, 0.29) is 0 Å². The quantitative estimate of drug-likeness (QED) is 0.681. The van der Waals surface area contributed by atoms with Crippen LogP contribution in [0.4, 0.5) is 11.4 Å². The molecule has 1 aromatic rings. The van der Waals surface area contributed by atoms with Gasteiger partial charge in [-0.2, -0.15) is 5.26 Å². The van der Waals surface area contributed by atoms with Crippen LogP contribution in [0.1, 0.15) is 18.4 Å². The van der Waals surface area contributed by atoms with Crippen molar-refractivity contribution in [2.24, 2.45) is 0 Å². The third-order valence-electron chi connectivity index (χ3n) is 2.63. The van der Waals surface area contributed by atoms with Gasteiger partial charge in [0.05, 0.1) is 16.9 Å². The first-order valence-electron chi connectivity index (χ1n) is 4.86. The molecule has 3 heteroatoms. The van der Waals surface area contributed by atoms with Crippen LogP contribution in [0.2, 0.25) is 0 Å². The minimum Gasteiger partial charge on any atom is -0.398 e. The van der Waals surface area contributed by atoms with Crippen molar-refractivity contribution >= 4 is 11.4 Å². The Kier molecular flexibility index (Phi) is 2.28. The molecule has 0 aliphatic carbocycles. The Morgan fingerprint density at radius 3 is 2.64 bits per heavy atom. The summed E-state index contributed by atoms with van der Waals surface area (Å²) in [5.41, 5.74) is 7.94. The summed E-state index contributed by atoms with van der Waals surface area (Å²) in [6.07, 6.45) is 2.42. The van der Waals surface area contributed by atoms with E-state index in [9.17, 15) is 0 Å². The molecule has 0 unspecified atom stereocenters. The first-order chi connectivity index (χ1) is 6.83. The smallest absolute Gasteiger partial charge is 0.104 e. The summed E-state index contributed by atoms with van der Waals surface area (Å²) in [5, 5.41) is 9.00. The van der Waals surface area contributed by atoms with Crippen LogP contribution < -0.4 is 10.6 Å². The van der Waals surface area contributed by atoms with E-state index < -0.39 is 0 Å². The van der Waals surface area contributed by atoms with Crippen molar-refractivity contribution in [3.8, 4) is 6.07 Å². The average Bonchev–Trinajstić information content (AvgIpc) is 2.70. The Morgan fingerprint density at radius 2 is 2.00 bits per heavy atom. The standard InChI is InChI=1S/C11H13N3/c12-8-9-10(13)4-3-5-11(9)14-6-1-2-7-14/h3-5H,1-2,6-7,13H2. The molecule has 0 aromatic heterocycles. The van der Waals surface area contributed by atoms with Gasteiger partial charge < -0.3 is 10.6 Å². The number of nitriles is 1. The Morgan fingerprint density at radius 1 is 1.29 bits per heavy atom. The summed E-state index contributed by atoms with van der Waals surface area (Å²) < 4.78 is 0. The minimum atomic E-state index is 0.580. The molecule has 1 aromatic carbocycles. The Balaban J connectivity index is 2.42. The SMILES string of the molecule is N#Cc1c(N)cccc1N1CCCC1. The molecule has 1 aliphatic rings. The lowest BCUT2D eigenvalue weighted by molar-refractivity contribution is 0.949. The van der Waals surface area contributed by atoms with Gasteiger partial charge >= 0.3 is 0 Å². The average molecular weight is 187 g/mol. The molecule has 1 fully saturated rings. The van der Waals surface area contributed by atoms with E-state index in [1.165, 1.54) is 12.8 Å². The van der Waals surface area contributed by atoms with Crippen LogP contribution in [-0.2, 0) is 0 Å². The number of hydrogen-bond donors (Lipinski definition) is 1. The lowest BCUT2D eigenvalue weighted by Gasteiger charge is -2.19. The Hall–Kier alpha value is -1.69. The molecule has 14 heavy (non-hydrogen) atoms. The highest BCUT2D eigenvalue weighted by molar-refractivity contribution is 5.70. The van der Waals surface area contributed by atoms with E-state index in [1.807, 2.05) is 12.1 Å². The number of rotatable bonds is 1. The van der Waals surface area contributed by atoms with Gasteiger partial charge in [0.25, 0.3) is 0 Å². The maximum absolute atomic E-state index is 9.00. The predicted octanol–water partition coefficient (Wildman–Crippen LogP) is 1.74. The third-order valence-corrected chi connectivity index (χ3v) is 2.63. The second kappa shape index (κ2) is 3.59. The van der Waals surface area contributed by atoms with Gasteiger partial charge in [0.1, 0.15) is 6.07 Å². The number of hydrogen-bond acceptors (Lipinski definition) is 3. The van der Waals surface area contributed by atoms with Crippen molar-refractivity contribution in [2.45, 2.75) is 12.8 Å². The van der Waals surface area contributed by atoms with E-state index in [0.717, 1.165) is 18.8 Å². The maximum atomic E-state index is 9.00. The summed E-state index contributed by atoms with van der Waals surface area (Å²) in [6.45, 7) is 2.08. The molecule has 2 rings (SSSR count). The van der Waals surface area contributed by atoms with Gasteiger partial charge in [-0.1, -0.05) is 6.07 Å². The second-order valence-electron chi connectivity index (χ2n) is 3.55. The highest BCUT2D eigenvalue weighted by Gasteiger charge is 2.16. The molecule has 72 valence electrons. The molecule has 3 nitrogen and oxygen atoms in total. The monoisotopic (exact) mass is 187 g/mol. The summed E-state index contributed by atoms with van der Waals surface area (Å²) in [4.78, 5) is 2.23. The van der Waals surface area contributed by atoms with Crippen molar-refractivity contribution in [2.75, 3.05) is 23.7 Å². The van der Waals surface area contributed by atoms with Crippen LogP contribution in [0, 0.1) is 11.3 Å². The molecule has 2 N–H and O–H groups in total. The van der Waals surface area contributed by atoms with Gasteiger partial charge in [0.15, 0.2) is 0 Å². The number of nitrogen functional groups attached to an aromatic ring is 1. The molecule has 0 amide bonds. The van der Waals surface area contributed by atoms with Gasteiger partial charge in [0.2, 0.25) is 0 Å². The van der Waals surface area contributed by atoms with Crippen LogP contribution in [-0.4, -0.2) is 13.1 Å². The summed E-state index contributed by atoms with van der Waals surface area (Å²) in [5.74, 6) is 0. The molecular formula is C11H13N3. The fourth-order valence-electron chi connectivity index (χ4n) is 1.90. The number of anilines is 2. The molecule has 0 atom stereocenters. The van der Waals surface area contributed by atoms with E-state index in [4.69, 9.17) is 11.0 Å². The van der Waals surface area contributed by atoms with Crippen LogP contribution in [0.15, 0.2) is 18.2 Å².